The molecule has 2 fully saturated rings. The fourth-order valence-corrected chi connectivity index (χ4v) is 5.10. The van der Waals surface area contributed by atoms with Gasteiger partial charge in [0, 0.05) is 17.7 Å². The van der Waals surface area contributed by atoms with Gasteiger partial charge >= 0.3 is 0 Å². The van der Waals surface area contributed by atoms with Crippen LogP contribution in [0.1, 0.15) is 11.7 Å². The number of ether oxygens (including phenoxy) is 4. The number of aliphatic hydroxyl groups excluding tert-OH is 6. The summed E-state index contributed by atoms with van der Waals surface area (Å²) >= 11 is 0. The standard InChI is InChI=1S/C27H30O15/c1-38-16-4-9(2-3-10(16)29)15-6-13(32)18-11(30)5-12(31)19(24(18)40-15)25-26(20(34)14(33)8-39-25)42-27-23(37)22(36)21(35)17(7-28)41-27/h2-6,14,17,20-23,25-31,33-37H,7-8H2,1H3/t14-,17-,20+,21-,22+,23-,25+,26-,27+/m1/s1. The third-order valence-electron chi connectivity index (χ3n) is 7.36. The highest BCUT2D eigenvalue weighted by Crippen LogP contribution is 2.44. The Labute approximate surface area is 236 Å². The number of aliphatic hydroxyl groups is 6. The van der Waals surface area contributed by atoms with Gasteiger partial charge in [-0.25, -0.2) is 0 Å². The first-order chi connectivity index (χ1) is 20.0. The number of methoxy groups -OCH3 is 1. The van der Waals surface area contributed by atoms with Gasteiger partial charge in [-0.1, -0.05) is 0 Å². The third-order valence-corrected chi connectivity index (χ3v) is 7.36. The Balaban J connectivity index is 1.63. The maximum Gasteiger partial charge on any atom is 0.197 e. The molecule has 3 aromatic rings. The van der Waals surface area contributed by atoms with Crippen LogP contribution >= 0.6 is 0 Å². The summed E-state index contributed by atoms with van der Waals surface area (Å²) in [6.07, 6.45) is -15.0. The fourth-order valence-electron chi connectivity index (χ4n) is 5.10. The molecule has 0 bridgehead atoms. The number of hydrogen-bond acceptors (Lipinski definition) is 15. The van der Waals surface area contributed by atoms with Crippen LogP contribution in [-0.2, 0) is 14.2 Å². The van der Waals surface area contributed by atoms with E-state index in [1.165, 1.54) is 25.3 Å². The van der Waals surface area contributed by atoms with E-state index in [9.17, 15) is 50.8 Å². The second-order valence-electron chi connectivity index (χ2n) is 10.0. The first-order valence-electron chi connectivity index (χ1n) is 12.8. The van der Waals surface area contributed by atoms with Crippen LogP contribution in [0.2, 0.25) is 0 Å². The van der Waals surface area contributed by atoms with Gasteiger partial charge in [0.15, 0.2) is 28.8 Å². The van der Waals surface area contributed by atoms with E-state index in [-0.39, 0.29) is 39.4 Å². The molecule has 42 heavy (non-hydrogen) atoms. The van der Waals surface area contributed by atoms with Crippen LogP contribution in [0, 0.1) is 0 Å². The van der Waals surface area contributed by atoms with Gasteiger partial charge in [-0.15, -0.1) is 0 Å². The number of fused-ring (bicyclic) bond motifs is 1. The van der Waals surface area contributed by atoms with Crippen molar-refractivity contribution >= 4 is 11.0 Å². The Bertz CT molecular complexity index is 1500. The summed E-state index contributed by atoms with van der Waals surface area (Å²) in [7, 11) is 1.32. The van der Waals surface area contributed by atoms with E-state index in [2.05, 4.69) is 0 Å². The zero-order valence-electron chi connectivity index (χ0n) is 22.0. The zero-order chi connectivity index (χ0) is 30.5. The molecule has 9 N–H and O–H groups in total. The second-order valence-corrected chi connectivity index (χ2v) is 10.0. The van der Waals surface area contributed by atoms with E-state index in [0.717, 1.165) is 12.1 Å². The van der Waals surface area contributed by atoms with E-state index in [0.29, 0.717) is 0 Å². The SMILES string of the molecule is COc1cc(-c2cc(=O)c3c(O)cc(O)c([C@@H]4OC[C@@H](O)[C@H](O)[C@H]4O[C@@H]4O[C@H](CO)[C@@H](O)[C@H](O)[C@H]4O)c3o2)ccc1O. The molecule has 2 aromatic carbocycles. The molecular weight excluding hydrogens is 564 g/mol. The van der Waals surface area contributed by atoms with Crippen molar-refractivity contribution in [2.45, 2.75) is 55.1 Å². The molecule has 2 aliphatic rings. The molecule has 0 amide bonds. The smallest absolute Gasteiger partial charge is 0.197 e. The van der Waals surface area contributed by atoms with Crippen molar-refractivity contribution in [1.29, 1.82) is 0 Å². The third kappa shape index (κ3) is 5.15. The lowest BCUT2D eigenvalue weighted by molar-refractivity contribution is -0.336. The Kier molecular flexibility index (Phi) is 8.30. The molecule has 9 atom stereocenters. The topological polar surface area (TPSA) is 249 Å². The minimum absolute atomic E-state index is 0.0648. The minimum Gasteiger partial charge on any atom is -0.507 e. The molecule has 0 aliphatic carbocycles. The largest absolute Gasteiger partial charge is 0.507 e. The summed E-state index contributed by atoms with van der Waals surface area (Å²) in [6.45, 7) is -1.25. The zero-order valence-corrected chi connectivity index (χ0v) is 22.0. The van der Waals surface area contributed by atoms with Crippen molar-refractivity contribution in [2.24, 2.45) is 0 Å². The van der Waals surface area contributed by atoms with Gasteiger partial charge in [-0.05, 0) is 18.2 Å². The van der Waals surface area contributed by atoms with Crippen molar-refractivity contribution < 1.29 is 69.3 Å². The molecule has 15 heteroatoms. The fraction of sp³-hybridized carbons (Fsp3) is 0.444. The first kappa shape index (κ1) is 30.0. The van der Waals surface area contributed by atoms with E-state index < -0.39 is 85.3 Å². The predicted octanol–water partition coefficient (Wildman–Crippen LogP) is -1.44. The number of aromatic hydroxyl groups is 3. The van der Waals surface area contributed by atoms with Gasteiger partial charge in [0.05, 0.1) is 25.9 Å². The van der Waals surface area contributed by atoms with E-state index >= 15 is 0 Å². The summed E-state index contributed by atoms with van der Waals surface area (Å²) in [5, 5.41) is 92.6. The van der Waals surface area contributed by atoms with Crippen LogP contribution in [0.25, 0.3) is 22.3 Å². The van der Waals surface area contributed by atoms with E-state index in [1.807, 2.05) is 0 Å². The summed E-state index contributed by atoms with van der Waals surface area (Å²) in [4.78, 5) is 13.2. The molecule has 5 rings (SSSR count). The summed E-state index contributed by atoms with van der Waals surface area (Å²) in [5.74, 6) is -1.48. The highest BCUT2D eigenvalue weighted by Gasteiger charge is 2.49. The molecule has 228 valence electrons. The molecule has 0 unspecified atom stereocenters. The summed E-state index contributed by atoms with van der Waals surface area (Å²) in [6, 6.07) is 6.02. The highest BCUT2D eigenvalue weighted by atomic mass is 16.7. The summed E-state index contributed by atoms with van der Waals surface area (Å²) in [5.41, 5.74) is -1.13. The highest BCUT2D eigenvalue weighted by molar-refractivity contribution is 5.89. The lowest BCUT2D eigenvalue weighted by Gasteiger charge is -2.44. The molecule has 2 saturated heterocycles. The first-order valence-corrected chi connectivity index (χ1v) is 12.8. The molecule has 0 radical (unpaired) electrons. The van der Waals surface area contributed by atoms with E-state index in [1.54, 1.807) is 0 Å². The van der Waals surface area contributed by atoms with Crippen molar-refractivity contribution in [3.63, 3.8) is 0 Å². The van der Waals surface area contributed by atoms with Crippen LogP contribution in [-0.4, -0.2) is 115 Å². The normalized spacial score (nSPS) is 31.7. The van der Waals surface area contributed by atoms with Crippen LogP contribution in [0.3, 0.4) is 0 Å². The molecule has 15 nitrogen and oxygen atoms in total. The second kappa shape index (κ2) is 11.6. The van der Waals surface area contributed by atoms with Gasteiger partial charge in [0.25, 0.3) is 0 Å². The Morgan fingerprint density at radius 2 is 1.64 bits per heavy atom. The number of phenols is 3. The van der Waals surface area contributed by atoms with Gasteiger partial charge in [0.1, 0.15) is 71.5 Å². The average Bonchev–Trinajstić information content (AvgIpc) is 2.96. The van der Waals surface area contributed by atoms with Gasteiger partial charge in [-0.3, -0.25) is 4.79 Å². The molecular formula is C27H30O15. The lowest BCUT2D eigenvalue weighted by Crippen LogP contribution is -2.61. The maximum absolute atomic E-state index is 13.2. The maximum atomic E-state index is 13.2. The Hall–Kier alpha value is -3.51. The lowest BCUT2D eigenvalue weighted by atomic mass is 9.91. The molecule has 1 aromatic heterocycles. The number of hydrogen-bond donors (Lipinski definition) is 9. The Morgan fingerprint density at radius 1 is 0.905 bits per heavy atom. The predicted molar refractivity (Wildman–Crippen MR) is 139 cm³/mol. The molecule has 2 aliphatic heterocycles. The number of phenolic OH excluding ortho intramolecular Hbond substituents is 3. The van der Waals surface area contributed by atoms with Gasteiger partial charge < -0.3 is 69.3 Å². The van der Waals surface area contributed by atoms with Crippen molar-refractivity contribution in [2.75, 3.05) is 20.3 Å². The Morgan fingerprint density at radius 3 is 2.33 bits per heavy atom. The number of benzene rings is 2. The quantitative estimate of drug-likeness (QED) is 0.159. The molecule has 0 saturated carbocycles. The summed E-state index contributed by atoms with van der Waals surface area (Å²) < 4.78 is 27.9. The van der Waals surface area contributed by atoms with Crippen molar-refractivity contribution in [3.8, 4) is 34.3 Å². The van der Waals surface area contributed by atoms with Crippen LogP contribution in [0.4, 0.5) is 0 Å². The van der Waals surface area contributed by atoms with Crippen molar-refractivity contribution in [3.05, 3.63) is 46.1 Å². The van der Waals surface area contributed by atoms with Crippen LogP contribution in [0.15, 0.2) is 39.5 Å². The van der Waals surface area contributed by atoms with Gasteiger partial charge in [-0.2, -0.15) is 0 Å². The van der Waals surface area contributed by atoms with Crippen molar-refractivity contribution in [1.82, 2.24) is 0 Å². The monoisotopic (exact) mass is 594 g/mol. The van der Waals surface area contributed by atoms with Gasteiger partial charge in [0.2, 0.25) is 0 Å². The van der Waals surface area contributed by atoms with E-state index in [4.69, 9.17) is 23.4 Å². The van der Waals surface area contributed by atoms with Crippen LogP contribution in [0.5, 0.6) is 23.0 Å². The minimum atomic E-state index is -1.88. The number of rotatable bonds is 6. The molecule has 3 heterocycles. The van der Waals surface area contributed by atoms with Crippen LogP contribution < -0.4 is 10.2 Å². The average molecular weight is 595 g/mol. The molecule has 0 spiro atoms.